The van der Waals surface area contributed by atoms with E-state index in [4.69, 9.17) is 5.73 Å². The number of hydrogen-bond donors (Lipinski definition) is 1. The Balaban J connectivity index is 1.85. The highest BCUT2D eigenvalue weighted by molar-refractivity contribution is 5.53. The first-order valence-electron chi connectivity index (χ1n) is 6.82. The van der Waals surface area contributed by atoms with Crippen molar-refractivity contribution in [2.45, 2.75) is 32.4 Å². The van der Waals surface area contributed by atoms with E-state index in [1.165, 1.54) is 0 Å². The molecule has 0 aliphatic rings. The van der Waals surface area contributed by atoms with E-state index in [0.717, 1.165) is 29.9 Å². The maximum Gasteiger partial charge on any atom is 0.110 e. The van der Waals surface area contributed by atoms with Crippen molar-refractivity contribution in [2.75, 3.05) is 0 Å². The van der Waals surface area contributed by atoms with E-state index >= 15 is 0 Å². The van der Waals surface area contributed by atoms with Crippen molar-refractivity contribution in [3.05, 3.63) is 48.6 Å². The standard InChI is InChI=1S/C14H18N6/c1-2-5-19-6-4-17-14(19)8-12(15)11-9-18-20-7-3-16-10-13(11)20/h3-4,6-7,9-10,12H,2,5,8,15H2,1H3. The molecular weight excluding hydrogens is 252 g/mol. The van der Waals surface area contributed by atoms with Crippen molar-refractivity contribution >= 4 is 5.52 Å². The Morgan fingerprint density at radius 3 is 3.00 bits per heavy atom. The third-order valence-corrected chi connectivity index (χ3v) is 3.42. The molecule has 0 aliphatic carbocycles. The van der Waals surface area contributed by atoms with Crippen LogP contribution in [0.2, 0.25) is 0 Å². The average Bonchev–Trinajstić information content (AvgIpc) is 3.06. The molecule has 2 N–H and O–H groups in total. The van der Waals surface area contributed by atoms with Gasteiger partial charge in [-0.25, -0.2) is 9.50 Å². The van der Waals surface area contributed by atoms with Gasteiger partial charge in [0.05, 0.1) is 17.9 Å². The molecule has 0 fully saturated rings. The van der Waals surface area contributed by atoms with Crippen LogP contribution in [0, 0.1) is 0 Å². The molecule has 0 bridgehead atoms. The molecule has 0 saturated heterocycles. The van der Waals surface area contributed by atoms with Gasteiger partial charge in [0, 0.05) is 49.4 Å². The van der Waals surface area contributed by atoms with Crippen LogP contribution in [0.4, 0.5) is 0 Å². The first-order valence-corrected chi connectivity index (χ1v) is 6.82. The van der Waals surface area contributed by atoms with Crippen molar-refractivity contribution < 1.29 is 0 Å². The molecule has 0 spiro atoms. The smallest absolute Gasteiger partial charge is 0.110 e. The summed E-state index contributed by atoms with van der Waals surface area (Å²) in [6.45, 7) is 3.12. The molecule has 3 rings (SSSR count). The fourth-order valence-electron chi connectivity index (χ4n) is 2.42. The lowest BCUT2D eigenvalue weighted by atomic mass is 10.1. The number of imidazole rings is 1. The monoisotopic (exact) mass is 270 g/mol. The van der Waals surface area contributed by atoms with Gasteiger partial charge in [-0.1, -0.05) is 6.92 Å². The summed E-state index contributed by atoms with van der Waals surface area (Å²) in [6.07, 6.45) is 12.8. The minimum Gasteiger partial charge on any atom is -0.335 e. The van der Waals surface area contributed by atoms with Crippen LogP contribution in [-0.4, -0.2) is 24.1 Å². The highest BCUT2D eigenvalue weighted by Crippen LogP contribution is 2.19. The predicted molar refractivity (Wildman–Crippen MR) is 76.1 cm³/mol. The molecular formula is C14H18N6. The summed E-state index contributed by atoms with van der Waals surface area (Å²) in [7, 11) is 0. The average molecular weight is 270 g/mol. The van der Waals surface area contributed by atoms with Crippen molar-refractivity contribution in [1.82, 2.24) is 24.1 Å². The molecule has 3 aromatic heterocycles. The summed E-state index contributed by atoms with van der Waals surface area (Å²) < 4.78 is 3.95. The van der Waals surface area contributed by atoms with E-state index < -0.39 is 0 Å². The van der Waals surface area contributed by atoms with E-state index in [0.29, 0.717) is 6.42 Å². The fraction of sp³-hybridized carbons (Fsp3) is 0.357. The molecule has 1 atom stereocenters. The normalized spacial score (nSPS) is 12.9. The molecule has 0 radical (unpaired) electrons. The Bertz CT molecular complexity index is 698. The summed E-state index contributed by atoms with van der Waals surface area (Å²) in [5.41, 5.74) is 8.28. The first kappa shape index (κ1) is 12.8. The largest absolute Gasteiger partial charge is 0.335 e. The van der Waals surface area contributed by atoms with E-state index in [1.54, 1.807) is 16.9 Å². The molecule has 3 aromatic rings. The number of aryl methyl sites for hydroxylation is 1. The second-order valence-corrected chi connectivity index (χ2v) is 4.85. The molecule has 6 heteroatoms. The lowest BCUT2D eigenvalue weighted by Gasteiger charge is -2.11. The third kappa shape index (κ3) is 2.30. The van der Waals surface area contributed by atoms with Gasteiger partial charge in [0.25, 0.3) is 0 Å². The summed E-state index contributed by atoms with van der Waals surface area (Å²) in [4.78, 5) is 8.54. The maximum absolute atomic E-state index is 6.33. The highest BCUT2D eigenvalue weighted by Gasteiger charge is 2.15. The number of aromatic nitrogens is 5. The lowest BCUT2D eigenvalue weighted by molar-refractivity contribution is 0.600. The van der Waals surface area contributed by atoms with E-state index in [9.17, 15) is 0 Å². The molecule has 1 unspecified atom stereocenters. The van der Waals surface area contributed by atoms with Gasteiger partial charge in [-0.3, -0.25) is 4.98 Å². The maximum atomic E-state index is 6.33. The van der Waals surface area contributed by atoms with Crippen LogP contribution in [-0.2, 0) is 13.0 Å². The number of rotatable bonds is 5. The van der Waals surface area contributed by atoms with Crippen LogP contribution in [0.15, 0.2) is 37.2 Å². The van der Waals surface area contributed by atoms with Crippen molar-refractivity contribution in [2.24, 2.45) is 5.73 Å². The fourth-order valence-corrected chi connectivity index (χ4v) is 2.42. The van der Waals surface area contributed by atoms with Gasteiger partial charge in [0.1, 0.15) is 5.82 Å². The minimum atomic E-state index is -0.130. The van der Waals surface area contributed by atoms with Crippen LogP contribution in [0.25, 0.3) is 5.52 Å². The van der Waals surface area contributed by atoms with E-state index in [1.807, 2.05) is 24.8 Å². The minimum absolute atomic E-state index is 0.130. The second-order valence-electron chi connectivity index (χ2n) is 4.85. The van der Waals surface area contributed by atoms with Crippen molar-refractivity contribution in [1.29, 1.82) is 0 Å². The van der Waals surface area contributed by atoms with Gasteiger partial charge in [-0.15, -0.1) is 0 Å². The van der Waals surface area contributed by atoms with Crippen LogP contribution in [0.1, 0.15) is 30.8 Å². The van der Waals surface area contributed by atoms with Crippen LogP contribution >= 0.6 is 0 Å². The highest BCUT2D eigenvalue weighted by atomic mass is 15.2. The van der Waals surface area contributed by atoms with Crippen LogP contribution < -0.4 is 5.73 Å². The van der Waals surface area contributed by atoms with Gasteiger partial charge in [0.15, 0.2) is 0 Å². The Morgan fingerprint density at radius 1 is 1.25 bits per heavy atom. The number of fused-ring (bicyclic) bond motifs is 1. The van der Waals surface area contributed by atoms with Crippen molar-refractivity contribution in [3.8, 4) is 0 Å². The van der Waals surface area contributed by atoms with Gasteiger partial charge in [0.2, 0.25) is 0 Å². The zero-order valence-electron chi connectivity index (χ0n) is 11.5. The second kappa shape index (κ2) is 5.42. The lowest BCUT2D eigenvalue weighted by Crippen LogP contribution is -2.16. The van der Waals surface area contributed by atoms with Crippen molar-refractivity contribution in [3.63, 3.8) is 0 Å². The first-order chi connectivity index (χ1) is 9.79. The molecule has 20 heavy (non-hydrogen) atoms. The topological polar surface area (TPSA) is 74.0 Å². The molecule has 0 saturated carbocycles. The Kier molecular flexibility index (Phi) is 3.47. The number of nitrogens with two attached hydrogens (primary N) is 1. The quantitative estimate of drug-likeness (QED) is 0.764. The SMILES string of the molecule is CCCn1ccnc1CC(N)c1cnn2ccncc12. The van der Waals surface area contributed by atoms with Gasteiger partial charge in [-0.05, 0) is 6.42 Å². The molecule has 6 nitrogen and oxygen atoms in total. The zero-order valence-corrected chi connectivity index (χ0v) is 11.5. The Morgan fingerprint density at radius 2 is 2.15 bits per heavy atom. The molecule has 0 aromatic carbocycles. The van der Waals surface area contributed by atoms with Gasteiger partial charge in [-0.2, -0.15) is 5.10 Å². The Labute approximate surface area is 117 Å². The van der Waals surface area contributed by atoms with Crippen LogP contribution in [0.5, 0.6) is 0 Å². The predicted octanol–water partition coefficient (Wildman–Crippen LogP) is 1.58. The molecule has 0 amide bonds. The van der Waals surface area contributed by atoms with Crippen LogP contribution in [0.3, 0.4) is 0 Å². The molecule has 3 heterocycles. The number of hydrogen-bond acceptors (Lipinski definition) is 4. The van der Waals surface area contributed by atoms with Gasteiger partial charge < -0.3 is 10.3 Å². The Hall–Kier alpha value is -2.21. The van der Waals surface area contributed by atoms with Gasteiger partial charge >= 0.3 is 0 Å². The summed E-state index contributed by atoms with van der Waals surface area (Å²) >= 11 is 0. The summed E-state index contributed by atoms with van der Waals surface area (Å²) in [6, 6.07) is -0.130. The van der Waals surface area contributed by atoms with E-state index in [-0.39, 0.29) is 6.04 Å². The van der Waals surface area contributed by atoms with E-state index in [2.05, 4.69) is 26.6 Å². The number of nitrogens with zero attached hydrogens (tertiary/aromatic N) is 5. The summed E-state index contributed by atoms with van der Waals surface area (Å²) in [5.74, 6) is 1.02. The summed E-state index contributed by atoms with van der Waals surface area (Å²) in [5, 5.41) is 4.30. The molecule has 104 valence electrons. The molecule has 0 aliphatic heterocycles. The zero-order chi connectivity index (χ0) is 13.9. The third-order valence-electron chi connectivity index (χ3n) is 3.42.